The van der Waals surface area contributed by atoms with Crippen molar-refractivity contribution in [3.63, 3.8) is 0 Å². The monoisotopic (exact) mass is 686 g/mol. The Balaban J connectivity index is 1.58. The molecule has 4 aromatic rings. The molecule has 12 heteroatoms. The maximum Gasteiger partial charge on any atom is 0.264 e. The van der Waals surface area contributed by atoms with Crippen molar-refractivity contribution in [2.45, 2.75) is 58.4 Å². The summed E-state index contributed by atoms with van der Waals surface area (Å²) >= 11 is 0. The highest BCUT2D eigenvalue weighted by molar-refractivity contribution is 7.92. The van der Waals surface area contributed by atoms with Gasteiger partial charge in [-0.15, -0.1) is 0 Å². The van der Waals surface area contributed by atoms with E-state index < -0.39 is 10.0 Å². The molecule has 49 heavy (non-hydrogen) atoms. The highest BCUT2D eigenvalue weighted by atomic mass is 32.2. The Hall–Kier alpha value is -4.55. The molecule has 3 heterocycles. The Kier molecular flexibility index (Phi) is 10.9. The molecule has 1 aliphatic rings. The molecular weight excluding hydrogens is 641 g/mol. The first kappa shape index (κ1) is 35.7. The van der Waals surface area contributed by atoms with Crippen LogP contribution in [0.15, 0.2) is 71.6 Å². The van der Waals surface area contributed by atoms with E-state index in [9.17, 15) is 13.2 Å². The summed E-state index contributed by atoms with van der Waals surface area (Å²) in [5, 5.41) is 0. The molecule has 0 fully saturated rings. The van der Waals surface area contributed by atoms with E-state index in [1.165, 1.54) is 12.1 Å². The second kappa shape index (κ2) is 14.9. The largest absolute Gasteiger partial charge is 0.475 e. The minimum absolute atomic E-state index is 0.0677. The molecule has 4 bridgehead atoms. The molecule has 11 nitrogen and oxygen atoms in total. The van der Waals surface area contributed by atoms with Crippen LogP contribution in [0.4, 0.5) is 11.8 Å². The van der Waals surface area contributed by atoms with Crippen LogP contribution in [0.2, 0.25) is 0 Å². The van der Waals surface area contributed by atoms with Crippen LogP contribution in [0.3, 0.4) is 0 Å². The van der Waals surface area contributed by atoms with Gasteiger partial charge in [-0.1, -0.05) is 51.1 Å². The SMILES string of the molecule is COCCN(C)c1cccc(CCN2C(=O)c3cccc(c3)S(=O)(=O)Nc3nc(cc(-c4c(C)cccc4C)n3)OC[C@H]2CC(C)(C)C)n1. The zero-order valence-corrected chi connectivity index (χ0v) is 30.2. The maximum atomic E-state index is 14.4. The number of rotatable bonds is 9. The maximum absolute atomic E-state index is 14.4. The molecule has 5 rings (SSSR count). The number of hydrogen-bond donors (Lipinski definition) is 1. The minimum Gasteiger partial charge on any atom is -0.475 e. The van der Waals surface area contributed by atoms with Gasteiger partial charge in [0.05, 0.1) is 23.2 Å². The fourth-order valence-electron chi connectivity index (χ4n) is 6.03. The lowest BCUT2D eigenvalue weighted by molar-refractivity contribution is 0.0540. The van der Waals surface area contributed by atoms with Gasteiger partial charge in [0.25, 0.3) is 15.9 Å². The van der Waals surface area contributed by atoms with Gasteiger partial charge in [-0.05, 0) is 67.1 Å². The Morgan fingerprint density at radius 2 is 1.71 bits per heavy atom. The lowest BCUT2D eigenvalue weighted by atomic mass is 9.87. The molecule has 2 aromatic heterocycles. The number of nitrogens with zero attached hydrogens (tertiary/aromatic N) is 5. The third-order valence-corrected chi connectivity index (χ3v) is 9.78. The van der Waals surface area contributed by atoms with Crippen LogP contribution in [-0.4, -0.2) is 80.7 Å². The standard InChI is InChI=1S/C37H46N6O5S/c1-25-11-8-12-26(2)34(25)31-22-33-40-36(39-31)41-49(45,46)30-15-9-13-27(21-30)35(44)43(29(24-48-33)23-37(3,4)5)18-17-28-14-10-16-32(38-28)42(6)19-20-47-7/h8-16,21-22,29H,17-20,23-24H2,1-7H3,(H,39,40,41)/t29-/m1/s1. The second-order valence-electron chi connectivity index (χ2n) is 13.7. The molecule has 0 radical (unpaired) electrons. The number of pyridine rings is 1. The van der Waals surface area contributed by atoms with Crippen LogP contribution in [0.25, 0.3) is 11.3 Å². The topological polar surface area (TPSA) is 127 Å². The number of likely N-dealkylation sites (N-methyl/N-ethyl adjacent to an activating group) is 1. The lowest BCUT2D eigenvalue weighted by Gasteiger charge is -2.36. The quantitative estimate of drug-likeness (QED) is 0.228. The number of sulfonamides is 1. The predicted molar refractivity (Wildman–Crippen MR) is 192 cm³/mol. The molecule has 1 aliphatic heterocycles. The first-order valence-electron chi connectivity index (χ1n) is 16.4. The number of aryl methyl sites for hydroxylation is 2. The molecule has 0 unspecified atom stereocenters. The van der Waals surface area contributed by atoms with Gasteiger partial charge in [0, 0.05) is 56.6 Å². The fourth-order valence-corrected chi connectivity index (χ4v) is 7.02. The number of hydrogen-bond acceptors (Lipinski definition) is 9. The van der Waals surface area contributed by atoms with Crippen molar-refractivity contribution in [1.82, 2.24) is 19.9 Å². The number of amides is 1. The van der Waals surface area contributed by atoms with Gasteiger partial charge in [-0.2, -0.15) is 4.98 Å². The highest BCUT2D eigenvalue weighted by Gasteiger charge is 2.31. The summed E-state index contributed by atoms with van der Waals surface area (Å²) in [6, 6.07) is 19.2. The number of carbonyl (C=O) groups is 1. The first-order valence-corrected chi connectivity index (χ1v) is 17.9. The number of carbonyl (C=O) groups excluding carboxylic acids is 1. The summed E-state index contributed by atoms with van der Waals surface area (Å²) < 4.78 is 41.5. The normalized spacial score (nSPS) is 16.1. The van der Waals surface area contributed by atoms with Gasteiger partial charge in [0.1, 0.15) is 12.4 Å². The number of fused-ring (bicyclic) bond motifs is 4. The molecule has 1 atom stereocenters. The van der Waals surface area contributed by atoms with Gasteiger partial charge in [-0.25, -0.2) is 23.1 Å². The highest BCUT2D eigenvalue weighted by Crippen LogP contribution is 2.31. The van der Waals surface area contributed by atoms with E-state index in [2.05, 4.69) is 35.5 Å². The van der Waals surface area contributed by atoms with Gasteiger partial charge < -0.3 is 19.3 Å². The summed E-state index contributed by atoms with van der Waals surface area (Å²) in [6.45, 7) is 12.0. The average Bonchev–Trinajstić information content (AvgIpc) is 3.05. The second-order valence-corrected chi connectivity index (χ2v) is 15.4. The number of ether oxygens (including phenoxy) is 2. The third-order valence-electron chi connectivity index (χ3n) is 8.45. The van der Waals surface area contributed by atoms with Crippen molar-refractivity contribution in [2.75, 3.05) is 50.1 Å². The summed E-state index contributed by atoms with van der Waals surface area (Å²) in [5.41, 5.74) is 4.27. The number of methoxy groups -OCH3 is 1. The Morgan fingerprint density at radius 1 is 1.00 bits per heavy atom. The van der Waals surface area contributed by atoms with Gasteiger partial charge >= 0.3 is 0 Å². The van der Waals surface area contributed by atoms with Crippen molar-refractivity contribution < 1.29 is 22.7 Å². The zero-order chi connectivity index (χ0) is 35.3. The van der Waals surface area contributed by atoms with E-state index >= 15 is 0 Å². The Morgan fingerprint density at radius 3 is 2.43 bits per heavy atom. The van der Waals surface area contributed by atoms with E-state index in [1.807, 2.05) is 62.2 Å². The Labute approximate surface area is 289 Å². The fraction of sp³-hybridized carbons (Fsp3) is 0.405. The number of benzene rings is 2. The van der Waals surface area contributed by atoms with Crippen LogP contribution in [0, 0.1) is 19.3 Å². The molecule has 0 saturated heterocycles. The van der Waals surface area contributed by atoms with Crippen molar-refractivity contribution in [2.24, 2.45) is 5.41 Å². The van der Waals surface area contributed by atoms with Gasteiger partial charge in [-0.3, -0.25) is 4.79 Å². The smallest absolute Gasteiger partial charge is 0.264 e. The van der Waals surface area contributed by atoms with Crippen LogP contribution >= 0.6 is 0 Å². The number of nitrogens with one attached hydrogen (secondary N) is 1. The van der Waals surface area contributed by atoms with Crippen LogP contribution in [0.5, 0.6) is 5.88 Å². The number of aromatic nitrogens is 3. The van der Waals surface area contributed by atoms with E-state index in [4.69, 9.17) is 14.5 Å². The lowest BCUT2D eigenvalue weighted by Crippen LogP contribution is -2.46. The van der Waals surface area contributed by atoms with E-state index in [0.717, 1.165) is 28.2 Å². The van der Waals surface area contributed by atoms with Gasteiger partial charge in [0.2, 0.25) is 11.8 Å². The molecule has 260 valence electrons. The van der Waals surface area contributed by atoms with Crippen molar-refractivity contribution in [3.05, 3.63) is 89.1 Å². The average molecular weight is 687 g/mol. The molecule has 1 amide bonds. The van der Waals surface area contributed by atoms with Crippen molar-refractivity contribution >= 4 is 27.7 Å². The molecule has 1 N–H and O–H groups in total. The summed E-state index contributed by atoms with van der Waals surface area (Å²) in [4.78, 5) is 32.1. The molecule has 0 saturated carbocycles. The first-order chi connectivity index (χ1) is 23.2. The van der Waals surface area contributed by atoms with Crippen molar-refractivity contribution in [3.8, 4) is 17.1 Å². The van der Waals surface area contributed by atoms with Gasteiger partial charge in [0.15, 0.2) is 0 Å². The van der Waals surface area contributed by atoms with Crippen molar-refractivity contribution in [1.29, 1.82) is 0 Å². The van der Waals surface area contributed by atoms with Crippen LogP contribution in [-0.2, 0) is 21.2 Å². The summed E-state index contributed by atoms with van der Waals surface area (Å²) in [6.07, 6.45) is 1.09. The predicted octanol–water partition coefficient (Wildman–Crippen LogP) is 5.92. The number of anilines is 2. The summed E-state index contributed by atoms with van der Waals surface area (Å²) in [7, 11) is -0.531. The van der Waals surface area contributed by atoms with Crippen LogP contribution in [0.1, 0.15) is 54.4 Å². The molecule has 0 spiro atoms. The molecular formula is C37H46N6O5S. The minimum atomic E-state index is -4.16. The Bertz CT molecular complexity index is 1890. The molecule has 0 aliphatic carbocycles. The van der Waals surface area contributed by atoms with E-state index in [1.54, 1.807) is 30.2 Å². The van der Waals surface area contributed by atoms with E-state index in [-0.39, 0.29) is 46.3 Å². The van der Waals surface area contributed by atoms with E-state index in [0.29, 0.717) is 38.2 Å². The van der Waals surface area contributed by atoms with Crippen LogP contribution < -0.4 is 14.4 Å². The zero-order valence-electron chi connectivity index (χ0n) is 29.4. The summed E-state index contributed by atoms with van der Waals surface area (Å²) in [5.74, 6) is 0.606. The third kappa shape index (κ3) is 8.93. The molecule has 2 aromatic carbocycles.